The Labute approximate surface area is 90.4 Å². The summed E-state index contributed by atoms with van der Waals surface area (Å²) in [6.07, 6.45) is -0.793. The van der Waals surface area contributed by atoms with E-state index >= 15 is 0 Å². The van der Waals surface area contributed by atoms with Gasteiger partial charge < -0.3 is 20.3 Å². The summed E-state index contributed by atoms with van der Waals surface area (Å²) in [6.45, 7) is 6.00. The minimum absolute atomic E-state index is 0.0211. The maximum absolute atomic E-state index is 11.0. The van der Waals surface area contributed by atoms with Crippen molar-refractivity contribution in [2.45, 2.75) is 38.9 Å². The van der Waals surface area contributed by atoms with Crippen molar-refractivity contribution < 1.29 is 19.7 Å². The Bertz CT molecular complexity index is 188. The quantitative estimate of drug-likeness (QED) is 0.511. The van der Waals surface area contributed by atoms with Gasteiger partial charge in [-0.05, 0) is 20.8 Å². The maximum atomic E-state index is 11.0. The second-order valence-electron chi connectivity index (χ2n) is 4.11. The van der Waals surface area contributed by atoms with Crippen molar-refractivity contribution in [1.82, 2.24) is 5.32 Å². The van der Waals surface area contributed by atoms with Crippen LogP contribution in [0.2, 0.25) is 0 Å². The van der Waals surface area contributed by atoms with Gasteiger partial charge in [-0.2, -0.15) is 0 Å². The van der Waals surface area contributed by atoms with Crippen molar-refractivity contribution in [3.63, 3.8) is 0 Å². The third-order valence-corrected chi connectivity index (χ3v) is 1.65. The van der Waals surface area contributed by atoms with Gasteiger partial charge in [-0.1, -0.05) is 0 Å². The van der Waals surface area contributed by atoms with Crippen LogP contribution in [-0.4, -0.2) is 47.6 Å². The van der Waals surface area contributed by atoms with E-state index in [1.807, 2.05) is 0 Å². The maximum Gasteiger partial charge on any atom is 0.308 e. The molecule has 0 saturated heterocycles. The van der Waals surface area contributed by atoms with Gasteiger partial charge in [-0.3, -0.25) is 4.79 Å². The summed E-state index contributed by atoms with van der Waals surface area (Å²) in [7, 11) is 0. The number of hydrogen-bond acceptors (Lipinski definition) is 5. The third kappa shape index (κ3) is 9.65. The van der Waals surface area contributed by atoms with E-state index in [0.29, 0.717) is 13.2 Å². The minimum Gasteiger partial charge on any atom is -0.466 e. The van der Waals surface area contributed by atoms with Crippen LogP contribution in [0.5, 0.6) is 0 Å². The average molecular weight is 219 g/mol. The minimum atomic E-state index is -0.816. The molecule has 0 amide bonds. The van der Waals surface area contributed by atoms with Gasteiger partial charge in [0, 0.05) is 13.1 Å². The number of nitrogens with one attached hydrogen (secondary N) is 1. The summed E-state index contributed by atoms with van der Waals surface area (Å²) >= 11 is 0. The van der Waals surface area contributed by atoms with Gasteiger partial charge in [0.15, 0.2) is 0 Å². The summed E-state index contributed by atoms with van der Waals surface area (Å²) in [6, 6.07) is 0. The van der Waals surface area contributed by atoms with Crippen molar-refractivity contribution in [2.24, 2.45) is 0 Å². The number of aliphatic hydroxyl groups is 2. The zero-order chi connectivity index (χ0) is 11.9. The number of carbonyl (C=O) groups is 1. The number of rotatable bonds is 7. The van der Waals surface area contributed by atoms with Crippen LogP contribution in [0.15, 0.2) is 0 Å². The van der Waals surface area contributed by atoms with Gasteiger partial charge in [0.25, 0.3) is 0 Å². The lowest BCUT2D eigenvalue weighted by molar-refractivity contribution is -0.145. The van der Waals surface area contributed by atoms with Gasteiger partial charge in [0.05, 0.1) is 24.7 Å². The normalized spacial score (nSPS) is 13.7. The molecule has 1 atom stereocenters. The van der Waals surface area contributed by atoms with Crippen LogP contribution < -0.4 is 5.32 Å². The molecule has 3 N–H and O–H groups in total. The van der Waals surface area contributed by atoms with E-state index in [0.717, 1.165) is 0 Å². The molecule has 0 spiro atoms. The van der Waals surface area contributed by atoms with Crippen LogP contribution in [0.3, 0.4) is 0 Å². The van der Waals surface area contributed by atoms with Crippen molar-refractivity contribution >= 4 is 5.97 Å². The topological polar surface area (TPSA) is 78.8 Å². The van der Waals surface area contributed by atoms with Gasteiger partial charge in [-0.25, -0.2) is 0 Å². The highest BCUT2D eigenvalue weighted by Gasteiger charge is 2.14. The Kier molecular flexibility index (Phi) is 6.47. The van der Waals surface area contributed by atoms with E-state index in [-0.39, 0.29) is 13.0 Å². The number of aliphatic hydroxyl groups excluding tert-OH is 1. The van der Waals surface area contributed by atoms with Crippen molar-refractivity contribution in [2.75, 3.05) is 19.7 Å². The molecule has 0 aromatic carbocycles. The number of esters is 1. The monoisotopic (exact) mass is 219 g/mol. The third-order valence-electron chi connectivity index (χ3n) is 1.65. The first-order valence-electron chi connectivity index (χ1n) is 5.12. The number of hydrogen-bond donors (Lipinski definition) is 3. The first-order chi connectivity index (χ1) is 6.85. The zero-order valence-corrected chi connectivity index (χ0v) is 9.62. The fourth-order valence-electron chi connectivity index (χ4n) is 1.03. The largest absolute Gasteiger partial charge is 0.466 e. The summed E-state index contributed by atoms with van der Waals surface area (Å²) in [5, 5.41) is 21.6. The van der Waals surface area contributed by atoms with Gasteiger partial charge in [0.2, 0.25) is 0 Å². The molecule has 0 heterocycles. The van der Waals surface area contributed by atoms with Crippen LogP contribution in [0.25, 0.3) is 0 Å². The average Bonchev–Trinajstić information content (AvgIpc) is 2.01. The van der Waals surface area contributed by atoms with Crippen LogP contribution in [0.4, 0.5) is 0 Å². The zero-order valence-electron chi connectivity index (χ0n) is 9.62. The fraction of sp³-hybridized carbons (Fsp3) is 0.900. The molecule has 0 aliphatic rings. The van der Waals surface area contributed by atoms with Gasteiger partial charge in [0.1, 0.15) is 0 Å². The first-order valence-corrected chi connectivity index (χ1v) is 5.12. The van der Waals surface area contributed by atoms with Crippen molar-refractivity contribution in [3.8, 4) is 0 Å². The number of ether oxygens (including phenoxy) is 1. The van der Waals surface area contributed by atoms with Crippen LogP contribution in [0, 0.1) is 0 Å². The summed E-state index contributed by atoms with van der Waals surface area (Å²) < 4.78 is 4.68. The fourth-order valence-corrected chi connectivity index (χ4v) is 1.03. The standard InChI is InChI=1S/C10H21NO4/c1-4-15-9(13)5-8(12)6-11-7-10(2,3)14/h8,11-12,14H,4-7H2,1-3H3. The molecule has 5 nitrogen and oxygen atoms in total. The molecule has 0 rings (SSSR count). The van der Waals surface area contributed by atoms with Crippen molar-refractivity contribution in [3.05, 3.63) is 0 Å². The molecule has 0 aliphatic heterocycles. The van der Waals surface area contributed by atoms with E-state index in [2.05, 4.69) is 10.1 Å². The molecule has 90 valence electrons. The van der Waals surface area contributed by atoms with Gasteiger partial charge in [-0.15, -0.1) is 0 Å². The van der Waals surface area contributed by atoms with Crippen LogP contribution in [-0.2, 0) is 9.53 Å². The molecule has 0 aromatic heterocycles. The predicted molar refractivity (Wildman–Crippen MR) is 56.4 cm³/mol. The van der Waals surface area contributed by atoms with E-state index < -0.39 is 17.7 Å². The van der Waals surface area contributed by atoms with E-state index in [1.54, 1.807) is 20.8 Å². The van der Waals surface area contributed by atoms with E-state index in [4.69, 9.17) is 0 Å². The smallest absolute Gasteiger partial charge is 0.308 e. The molecular formula is C10H21NO4. The lowest BCUT2D eigenvalue weighted by atomic mass is 10.1. The van der Waals surface area contributed by atoms with E-state index in [1.165, 1.54) is 0 Å². The Morgan fingerprint density at radius 3 is 2.60 bits per heavy atom. The Hall–Kier alpha value is -0.650. The molecule has 0 saturated carbocycles. The highest BCUT2D eigenvalue weighted by atomic mass is 16.5. The lowest BCUT2D eigenvalue weighted by Crippen LogP contribution is -2.39. The Balaban J connectivity index is 3.57. The van der Waals surface area contributed by atoms with Crippen LogP contribution in [0.1, 0.15) is 27.2 Å². The SMILES string of the molecule is CCOC(=O)CC(O)CNCC(C)(C)O. The molecule has 15 heavy (non-hydrogen) atoms. The summed E-state index contributed by atoms with van der Waals surface area (Å²) in [5.41, 5.74) is -0.816. The molecule has 0 aliphatic carbocycles. The Morgan fingerprint density at radius 1 is 1.53 bits per heavy atom. The highest BCUT2D eigenvalue weighted by molar-refractivity contribution is 5.69. The second-order valence-corrected chi connectivity index (χ2v) is 4.11. The summed E-state index contributed by atoms with van der Waals surface area (Å²) in [4.78, 5) is 11.0. The predicted octanol–water partition coefficient (Wildman–Crippen LogP) is -0.339. The molecule has 0 bridgehead atoms. The Morgan fingerprint density at radius 2 is 2.13 bits per heavy atom. The van der Waals surface area contributed by atoms with Gasteiger partial charge >= 0.3 is 5.97 Å². The van der Waals surface area contributed by atoms with Crippen molar-refractivity contribution in [1.29, 1.82) is 0 Å². The molecule has 0 aromatic rings. The summed E-state index contributed by atoms with van der Waals surface area (Å²) in [5.74, 6) is -0.407. The number of carbonyl (C=O) groups excluding carboxylic acids is 1. The molecule has 0 radical (unpaired) electrons. The molecule has 5 heteroatoms. The second kappa shape index (κ2) is 6.76. The highest BCUT2D eigenvalue weighted by Crippen LogP contribution is 1.98. The lowest BCUT2D eigenvalue weighted by Gasteiger charge is -2.19. The molecule has 0 fully saturated rings. The van der Waals surface area contributed by atoms with Crippen LogP contribution >= 0.6 is 0 Å². The van der Waals surface area contributed by atoms with E-state index in [9.17, 15) is 15.0 Å². The molecule has 1 unspecified atom stereocenters. The first kappa shape index (κ1) is 14.3. The molecular weight excluding hydrogens is 198 g/mol.